The summed E-state index contributed by atoms with van der Waals surface area (Å²) in [6.07, 6.45) is 0.876. The molecule has 2 aromatic rings. The van der Waals surface area contributed by atoms with Crippen molar-refractivity contribution in [2.45, 2.75) is 6.42 Å². The Labute approximate surface area is 109 Å². The molecule has 0 saturated heterocycles. The molecule has 0 bridgehead atoms. The molecule has 1 nitrogen and oxygen atoms in total. The van der Waals surface area contributed by atoms with Crippen LogP contribution in [0.3, 0.4) is 0 Å². The van der Waals surface area contributed by atoms with Crippen LogP contribution in [0.1, 0.15) is 4.88 Å². The Hall–Kier alpha value is -0.640. The van der Waals surface area contributed by atoms with Crippen LogP contribution >= 0.6 is 35.2 Å². The fourth-order valence-corrected chi connectivity index (χ4v) is 3.40. The maximum Gasteiger partial charge on any atom is 0.161 e. The lowest BCUT2D eigenvalue weighted by Gasteiger charge is -2.05. The largest absolute Gasteiger partial charge is 0.326 e. The predicted octanol–water partition coefficient (Wildman–Crippen LogP) is 4.26. The number of aryl methyl sites for hydroxylation is 1. The zero-order chi connectivity index (χ0) is 11.5. The van der Waals surface area contributed by atoms with E-state index in [4.69, 9.17) is 23.8 Å². The smallest absolute Gasteiger partial charge is 0.161 e. The van der Waals surface area contributed by atoms with Gasteiger partial charge < -0.3 is 4.57 Å². The second-order valence-corrected chi connectivity index (χ2v) is 5.61. The first kappa shape index (κ1) is 11.8. The highest BCUT2D eigenvalue weighted by Gasteiger charge is 2.11. The van der Waals surface area contributed by atoms with Gasteiger partial charge >= 0.3 is 0 Å². The summed E-state index contributed by atoms with van der Waals surface area (Å²) in [6, 6.07) is 10.3. The molecule has 1 heterocycles. The third-order valence-electron chi connectivity index (χ3n) is 2.45. The molecule has 4 heteroatoms. The average molecular weight is 270 g/mol. The van der Waals surface area contributed by atoms with Gasteiger partial charge in [0.2, 0.25) is 0 Å². The molecule has 0 aliphatic carbocycles. The third kappa shape index (κ3) is 2.21. The minimum atomic E-state index is 0.634. The first-order valence-electron chi connectivity index (χ1n) is 5.04. The van der Waals surface area contributed by atoms with Gasteiger partial charge in [0.15, 0.2) is 3.95 Å². The van der Waals surface area contributed by atoms with Crippen molar-refractivity contribution in [2.75, 3.05) is 5.88 Å². The topological polar surface area (TPSA) is 4.93 Å². The Kier molecular flexibility index (Phi) is 3.79. The van der Waals surface area contributed by atoms with Gasteiger partial charge in [-0.05, 0) is 24.2 Å². The van der Waals surface area contributed by atoms with Gasteiger partial charge in [-0.15, -0.1) is 22.9 Å². The van der Waals surface area contributed by atoms with E-state index >= 15 is 0 Å². The van der Waals surface area contributed by atoms with Gasteiger partial charge in [-0.2, -0.15) is 0 Å². The van der Waals surface area contributed by atoms with Gasteiger partial charge in [-0.1, -0.05) is 30.3 Å². The molecule has 0 atom stereocenters. The van der Waals surface area contributed by atoms with Crippen molar-refractivity contribution in [3.8, 4) is 11.3 Å². The van der Waals surface area contributed by atoms with Crippen LogP contribution in [0.5, 0.6) is 0 Å². The molecular formula is C12H12ClNS2. The van der Waals surface area contributed by atoms with E-state index in [9.17, 15) is 0 Å². The van der Waals surface area contributed by atoms with Crippen molar-refractivity contribution in [2.24, 2.45) is 7.05 Å². The zero-order valence-electron chi connectivity index (χ0n) is 8.94. The molecular weight excluding hydrogens is 258 g/mol. The van der Waals surface area contributed by atoms with Crippen molar-refractivity contribution in [1.29, 1.82) is 0 Å². The molecule has 0 unspecified atom stereocenters. The summed E-state index contributed by atoms with van der Waals surface area (Å²) >= 11 is 12.8. The van der Waals surface area contributed by atoms with Gasteiger partial charge in [0.1, 0.15) is 0 Å². The predicted molar refractivity (Wildman–Crippen MR) is 74.0 cm³/mol. The summed E-state index contributed by atoms with van der Waals surface area (Å²) in [5.41, 5.74) is 2.41. The van der Waals surface area contributed by atoms with Crippen LogP contribution in [0.25, 0.3) is 11.3 Å². The number of thiazole rings is 1. The minimum absolute atomic E-state index is 0.634. The van der Waals surface area contributed by atoms with Crippen LogP contribution in [0, 0.1) is 3.95 Å². The van der Waals surface area contributed by atoms with Crippen molar-refractivity contribution in [3.63, 3.8) is 0 Å². The zero-order valence-corrected chi connectivity index (χ0v) is 11.3. The first-order valence-corrected chi connectivity index (χ1v) is 6.80. The molecule has 2 rings (SSSR count). The van der Waals surface area contributed by atoms with E-state index < -0.39 is 0 Å². The molecule has 0 aliphatic heterocycles. The van der Waals surface area contributed by atoms with E-state index in [2.05, 4.69) is 16.7 Å². The second kappa shape index (κ2) is 5.13. The molecule has 0 saturated carbocycles. The molecule has 0 amide bonds. The summed E-state index contributed by atoms with van der Waals surface area (Å²) < 4.78 is 2.97. The Bertz CT molecular complexity index is 528. The Balaban J connectivity index is 2.59. The number of nitrogens with zero attached hydrogens (tertiary/aromatic N) is 1. The maximum atomic E-state index is 5.82. The molecule has 0 spiro atoms. The van der Waals surface area contributed by atoms with Crippen molar-refractivity contribution < 1.29 is 0 Å². The standard InChI is InChI=1S/C12H12ClNS2/c1-14-11(9-5-3-2-4-6-9)10(7-8-13)16-12(14)15/h2-6H,7-8H2,1H3. The van der Waals surface area contributed by atoms with Gasteiger partial charge in [0.25, 0.3) is 0 Å². The van der Waals surface area contributed by atoms with E-state index in [-0.39, 0.29) is 0 Å². The quantitative estimate of drug-likeness (QED) is 0.595. The second-order valence-electron chi connectivity index (χ2n) is 3.50. The number of rotatable bonds is 3. The minimum Gasteiger partial charge on any atom is -0.326 e. The van der Waals surface area contributed by atoms with Crippen LogP contribution in [0.2, 0.25) is 0 Å². The van der Waals surface area contributed by atoms with E-state index in [1.54, 1.807) is 11.3 Å². The van der Waals surface area contributed by atoms with Gasteiger partial charge in [-0.3, -0.25) is 0 Å². The first-order chi connectivity index (χ1) is 7.74. The van der Waals surface area contributed by atoms with Crippen molar-refractivity contribution in [1.82, 2.24) is 4.57 Å². The van der Waals surface area contributed by atoms with Crippen LogP contribution in [-0.2, 0) is 13.5 Å². The highest BCUT2D eigenvalue weighted by Crippen LogP contribution is 2.29. The third-order valence-corrected chi connectivity index (χ3v) is 4.26. The van der Waals surface area contributed by atoms with E-state index in [1.165, 1.54) is 16.1 Å². The van der Waals surface area contributed by atoms with Gasteiger partial charge in [0, 0.05) is 17.8 Å². The normalized spacial score (nSPS) is 10.6. The number of aromatic nitrogens is 1. The lowest BCUT2D eigenvalue weighted by Crippen LogP contribution is -1.94. The number of hydrogen-bond donors (Lipinski definition) is 0. The average Bonchev–Trinajstić information content (AvgIpc) is 2.57. The maximum absolute atomic E-state index is 5.82. The molecule has 84 valence electrons. The SMILES string of the molecule is Cn1c(-c2ccccc2)c(CCCl)sc1=S. The van der Waals surface area contributed by atoms with E-state index in [1.807, 2.05) is 25.2 Å². The summed E-state index contributed by atoms with van der Waals surface area (Å²) in [5, 5.41) is 0. The fraction of sp³-hybridized carbons (Fsp3) is 0.250. The van der Waals surface area contributed by atoms with Crippen LogP contribution in [0.15, 0.2) is 30.3 Å². The van der Waals surface area contributed by atoms with Crippen molar-refractivity contribution in [3.05, 3.63) is 39.2 Å². The summed E-state index contributed by atoms with van der Waals surface area (Å²) in [4.78, 5) is 1.27. The van der Waals surface area contributed by atoms with Gasteiger partial charge in [0.05, 0.1) is 5.69 Å². The van der Waals surface area contributed by atoms with Crippen molar-refractivity contribution >= 4 is 35.2 Å². The summed E-state index contributed by atoms with van der Waals surface area (Å²) in [6.45, 7) is 0. The summed E-state index contributed by atoms with van der Waals surface area (Å²) in [7, 11) is 2.01. The van der Waals surface area contributed by atoms with E-state index in [0.29, 0.717) is 5.88 Å². The molecule has 0 radical (unpaired) electrons. The van der Waals surface area contributed by atoms with Crippen LogP contribution in [0.4, 0.5) is 0 Å². The van der Waals surface area contributed by atoms with Crippen LogP contribution < -0.4 is 0 Å². The number of hydrogen-bond acceptors (Lipinski definition) is 2. The fourth-order valence-electron chi connectivity index (χ4n) is 1.71. The molecule has 0 N–H and O–H groups in total. The highest BCUT2D eigenvalue weighted by atomic mass is 35.5. The Morgan fingerprint density at radius 1 is 1.31 bits per heavy atom. The summed E-state index contributed by atoms with van der Waals surface area (Å²) in [5.74, 6) is 0.634. The highest BCUT2D eigenvalue weighted by molar-refractivity contribution is 7.73. The number of halogens is 1. The molecule has 0 fully saturated rings. The Morgan fingerprint density at radius 3 is 2.62 bits per heavy atom. The Morgan fingerprint density at radius 2 is 2.00 bits per heavy atom. The van der Waals surface area contributed by atoms with E-state index in [0.717, 1.165) is 10.4 Å². The van der Waals surface area contributed by atoms with Crippen LogP contribution in [-0.4, -0.2) is 10.4 Å². The monoisotopic (exact) mass is 269 g/mol. The molecule has 16 heavy (non-hydrogen) atoms. The lowest BCUT2D eigenvalue weighted by molar-refractivity contribution is 0.920. The number of alkyl halides is 1. The molecule has 0 aliphatic rings. The van der Waals surface area contributed by atoms with Gasteiger partial charge in [-0.25, -0.2) is 0 Å². The number of benzene rings is 1. The lowest BCUT2D eigenvalue weighted by atomic mass is 10.1. The molecule has 1 aromatic heterocycles. The molecule has 1 aromatic carbocycles.